The molecule has 3 aromatic carbocycles. The predicted octanol–water partition coefficient (Wildman–Crippen LogP) is 6.36. The van der Waals surface area contributed by atoms with E-state index >= 15 is 0 Å². The molecule has 176 valence electrons. The lowest BCUT2D eigenvalue weighted by atomic mass is 9.97. The molecule has 1 atom stereocenters. The lowest BCUT2D eigenvalue weighted by molar-refractivity contribution is -0.138. The number of hydrogen-bond acceptors (Lipinski definition) is 3. The van der Waals surface area contributed by atoms with E-state index in [0.717, 1.165) is 27.5 Å². The minimum absolute atomic E-state index is 0.157. The maximum atomic E-state index is 12.8. The van der Waals surface area contributed by atoms with Gasteiger partial charge in [0.2, 0.25) is 0 Å². The fraction of sp³-hybridized carbons (Fsp3) is 0.214. The summed E-state index contributed by atoms with van der Waals surface area (Å²) in [6.07, 6.45) is 2.97. The van der Waals surface area contributed by atoms with Gasteiger partial charge in [-0.1, -0.05) is 67.2 Å². The number of hydrogen-bond donors (Lipinski definition) is 2. The summed E-state index contributed by atoms with van der Waals surface area (Å²) in [7, 11) is 0. The number of rotatable bonds is 11. The van der Waals surface area contributed by atoms with Gasteiger partial charge in [-0.05, 0) is 60.4 Å². The van der Waals surface area contributed by atoms with Crippen molar-refractivity contribution in [3.63, 3.8) is 0 Å². The first-order chi connectivity index (χ1) is 16.5. The van der Waals surface area contributed by atoms with E-state index in [4.69, 9.17) is 0 Å². The number of amides is 2. The highest BCUT2D eigenvalue weighted by atomic mass is 32.2. The first-order valence-electron chi connectivity index (χ1n) is 11.3. The van der Waals surface area contributed by atoms with E-state index in [0.29, 0.717) is 19.5 Å². The average molecular weight is 475 g/mol. The lowest BCUT2D eigenvalue weighted by Gasteiger charge is -2.23. The molecule has 0 spiro atoms. The van der Waals surface area contributed by atoms with Gasteiger partial charge < -0.3 is 10.4 Å². The second-order valence-electron chi connectivity index (χ2n) is 7.83. The third-order valence-electron chi connectivity index (χ3n) is 5.48. The molecule has 0 radical (unpaired) electrons. The molecular weight excluding hydrogens is 444 g/mol. The minimum atomic E-state index is -0.799. The number of carboxylic acids is 1. The fourth-order valence-electron chi connectivity index (χ4n) is 3.64. The Morgan fingerprint density at radius 1 is 1.00 bits per heavy atom. The summed E-state index contributed by atoms with van der Waals surface area (Å²) < 4.78 is 0. The van der Waals surface area contributed by atoms with Crippen molar-refractivity contribution in [1.82, 2.24) is 5.32 Å². The Balaban J connectivity index is 1.70. The summed E-state index contributed by atoms with van der Waals surface area (Å²) in [5.74, 6) is -1.28. The van der Waals surface area contributed by atoms with Gasteiger partial charge in [0.1, 0.15) is 0 Å². The normalized spacial score (nSPS) is 11.4. The molecule has 0 fully saturated rings. The molecule has 1 unspecified atom stereocenters. The number of benzene rings is 3. The number of carbonyl (C=O) groups excluding carboxylic acids is 1. The number of urea groups is 1. The van der Waals surface area contributed by atoms with Gasteiger partial charge >= 0.3 is 12.0 Å². The highest BCUT2D eigenvalue weighted by Gasteiger charge is 2.17. The highest BCUT2D eigenvalue weighted by Crippen LogP contribution is 2.31. The van der Waals surface area contributed by atoms with Gasteiger partial charge in [-0.2, -0.15) is 0 Å². The van der Waals surface area contributed by atoms with Crippen LogP contribution in [0.2, 0.25) is 0 Å². The molecule has 0 aliphatic heterocycles. The maximum absolute atomic E-state index is 12.8. The number of carboxylic acid groups (broad SMARTS) is 1. The molecule has 2 amide bonds. The Hall–Kier alpha value is -3.51. The molecule has 0 heterocycles. The molecule has 0 saturated carbocycles. The zero-order chi connectivity index (χ0) is 24.3. The van der Waals surface area contributed by atoms with E-state index in [9.17, 15) is 14.7 Å². The van der Waals surface area contributed by atoms with Crippen molar-refractivity contribution >= 4 is 29.4 Å². The third-order valence-corrected chi connectivity index (χ3v) is 6.50. The van der Waals surface area contributed by atoms with Crippen LogP contribution < -0.4 is 10.2 Å². The second-order valence-corrected chi connectivity index (χ2v) is 8.97. The number of nitrogens with one attached hydrogen (secondary N) is 1. The molecule has 0 aliphatic carbocycles. The Morgan fingerprint density at radius 3 is 2.18 bits per heavy atom. The van der Waals surface area contributed by atoms with Crippen LogP contribution in [-0.2, 0) is 11.2 Å². The van der Waals surface area contributed by atoms with Crippen LogP contribution >= 0.6 is 11.8 Å². The molecule has 0 aliphatic rings. The average Bonchev–Trinajstić information content (AvgIpc) is 2.85. The quantitative estimate of drug-likeness (QED) is 0.317. The van der Waals surface area contributed by atoms with Crippen molar-refractivity contribution in [1.29, 1.82) is 0 Å². The van der Waals surface area contributed by atoms with E-state index in [1.807, 2.05) is 73.7 Å². The van der Waals surface area contributed by atoms with Gasteiger partial charge in [0.25, 0.3) is 0 Å². The minimum Gasteiger partial charge on any atom is -0.481 e. The standard InChI is InChI=1S/C28H30N2O3S/c1-3-19-29-28(33)30(20-18-21-8-6-5-7-9-21)23-12-16-25(17-13-23)34-24-14-10-22(11-15-24)26(4-2)27(31)32/h3,5-17,26H,1,4,18-20H2,2H3,(H,29,33)(H,31,32). The number of carbonyl (C=O) groups is 2. The third kappa shape index (κ3) is 6.99. The smallest absolute Gasteiger partial charge is 0.322 e. The maximum Gasteiger partial charge on any atom is 0.322 e. The molecular formula is C28H30N2O3S. The van der Waals surface area contributed by atoms with Crippen LogP contribution in [0.15, 0.2) is 101 Å². The van der Waals surface area contributed by atoms with Gasteiger partial charge in [-0.3, -0.25) is 9.69 Å². The van der Waals surface area contributed by atoms with Gasteiger partial charge in [0, 0.05) is 28.6 Å². The van der Waals surface area contributed by atoms with Crippen molar-refractivity contribution in [3.8, 4) is 0 Å². The van der Waals surface area contributed by atoms with Gasteiger partial charge in [0.05, 0.1) is 5.92 Å². The molecule has 0 saturated heterocycles. The zero-order valence-corrected chi connectivity index (χ0v) is 20.1. The molecule has 2 N–H and O–H groups in total. The van der Waals surface area contributed by atoms with Crippen LogP contribution in [0.4, 0.5) is 10.5 Å². The largest absolute Gasteiger partial charge is 0.481 e. The molecule has 3 aromatic rings. The van der Waals surface area contributed by atoms with E-state index in [1.165, 1.54) is 5.56 Å². The fourth-order valence-corrected chi connectivity index (χ4v) is 4.46. The topological polar surface area (TPSA) is 69.6 Å². The second kappa shape index (κ2) is 12.7. The molecule has 5 nitrogen and oxygen atoms in total. The van der Waals surface area contributed by atoms with Crippen LogP contribution in [0, 0.1) is 0 Å². The van der Waals surface area contributed by atoms with Gasteiger partial charge in [-0.15, -0.1) is 6.58 Å². The summed E-state index contributed by atoms with van der Waals surface area (Å²) in [6.45, 7) is 6.52. The Bertz CT molecular complexity index is 1080. The van der Waals surface area contributed by atoms with Crippen molar-refractivity contribution in [2.45, 2.75) is 35.5 Å². The molecule has 34 heavy (non-hydrogen) atoms. The Kier molecular flexibility index (Phi) is 9.35. The highest BCUT2D eigenvalue weighted by molar-refractivity contribution is 7.99. The first kappa shape index (κ1) is 25.1. The summed E-state index contributed by atoms with van der Waals surface area (Å²) in [4.78, 5) is 28.0. The SMILES string of the molecule is C=CCNC(=O)N(CCc1ccccc1)c1ccc(Sc2ccc(C(CC)C(=O)O)cc2)cc1. The zero-order valence-electron chi connectivity index (χ0n) is 19.3. The first-order valence-corrected chi connectivity index (χ1v) is 12.1. The summed E-state index contributed by atoms with van der Waals surface area (Å²) in [5.41, 5.74) is 2.81. The van der Waals surface area contributed by atoms with E-state index in [2.05, 4.69) is 24.0 Å². The van der Waals surface area contributed by atoms with Crippen molar-refractivity contribution in [2.24, 2.45) is 0 Å². The van der Waals surface area contributed by atoms with E-state index in [1.54, 1.807) is 22.7 Å². The predicted molar refractivity (Wildman–Crippen MR) is 139 cm³/mol. The van der Waals surface area contributed by atoms with Crippen molar-refractivity contribution < 1.29 is 14.7 Å². The molecule has 0 aromatic heterocycles. The number of anilines is 1. The summed E-state index contributed by atoms with van der Waals surface area (Å²) in [6, 6.07) is 25.5. The monoisotopic (exact) mass is 474 g/mol. The molecule has 3 rings (SSSR count). The van der Waals surface area contributed by atoms with Crippen molar-refractivity contribution in [2.75, 3.05) is 18.0 Å². The Labute approximate surface area is 205 Å². The van der Waals surface area contributed by atoms with Crippen LogP contribution in [0.25, 0.3) is 0 Å². The Morgan fingerprint density at radius 2 is 1.62 bits per heavy atom. The summed E-state index contributed by atoms with van der Waals surface area (Å²) in [5, 5.41) is 12.2. The van der Waals surface area contributed by atoms with E-state index in [-0.39, 0.29) is 6.03 Å². The van der Waals surface area contributed by atoms with Gasteiger partial charge in [0.15, 0.2) is 0 Å². The number of nitrogens with zero attached hydrogens (tertiary/aromatic N) is 1. The van der Waals surface area contributed by atoms with Gasteiger partial charge in [-0.25, -0.2) is 4.79 Å². The van der Waals surface area contributed by atoms with Crippen molar-refractivity contribution in [3.05, 3.63) is 103 Å². The van der Waals surface area contributed by atoms with Crippen LogP contribution in [0.3, 0.4) is 0 Å². The van der Waals surface area contributed by atoms with Crippen LogP contribution in [-0.4, -0.2) is 30.2 Å². The molecule has 6 heteroatoms. The lowest BCUT2D eigenvalue weighted by Crippen LogP contribution is -2.41. The summed E-state index contributed by atoms with van der Waals surface area (Å²) >= 11 is 1.60. The van der Waals surface area contributed by atoms with E-state index < -0.39 is 11.9 Å². The van der Waals surface area contributed by atoms with Crippen LogP contribution in [0.5, 0.6) is 0 Å². The van der Waals surface area contributed by atoms with Crippen LogP contribution in [0.1, 0.15) is 30.4 Å². The molecule has 0 bridgehead atoms. The number of aliphatic carboxylic acids is 1.